The highest BCUT2D eigenvalue weighted by Crippen LogP contribution is 2.54. The first-order valence-corrected chi connectivity index (χ1v) is 11.3. The van der Waals surface area contributed by atoms with Crippen molar-refractivity contribution < 1.29 is 14.7 Å². The van der Waals surface area contributed by atoms with Gasteiger partial charge < -0.3 is 14.9 Å². The SMILES string of the molecule is C/C=C/c1ccc([C@H]2[C@@H](CO)N(C(=O)c3cnccn3)C23CN(C(=O)C2CCC2)C3)cc1. The molecule has 1 aromatic carbocycles. The lowest BCUT2D eigenvalue weighted by Gasteiger charge is -2.70. The van der Waals surface area contributed by atoms with Gasteiger partial charge in [0.2, 0.25) is 5.91 Å². The maximum Gasteiger partial charge on any atom is 0.275 e. The summed E-state index contributed by atoms with van der Waals surface area (Å²) in [5, 5.41) is 10.3. The molecule has 5 rings (SSSR count). The van der Waals surface area contributed by atoms with Crippen molar-refractivity contribution in [1.82, 2.24) is 19.8 Å². The summed E-state index contributed by atoms with van der Waals surface area (Å²) in [6.07, 6.45) is 11.5. The highest BCUT2D eigenvalue weighted by atomic mass is 16.3. The minimum atomic E-state index is -0.524. The number of allylic oxidation sites excluding steroid dienone is 1. The Hall–Kier alpha value is -3.06. The second-order valence-electron chi connectivity index (χ2n) is 9.09. The average molecular weight is 433 g/mol. The van der Waals surface area contributed by atoms with Crippen LogP contribution in [0.1, 0.15) is 53.7 Å². The number of hydrogen-bond acceptors (Lipinski definition) is 5. The van der Waals surface area contributed by atoms with Crippen molar-refractivity contribution in [2.45, 2.75) is 43.7 Å². The molecular weight excluding hydrogens is 404 g/mol. The molecule has 2 amide bonds. The zero-order valence-corrected chi connectivity index (χ0v) is 18.2. The van der Waals surface area contributed by atoms with Crippen molar-refractivity contribution in [3.63, 3.8) is 0 Å². The number of aliphatic hydroxyl groups excluding tert-OH is 1. The van der Waals surface area contributed by atoms with Gasteiger partial charge in [0.1, 0.15) is 5.69 Å². The summed E-state index contributed by atoms with van der Waals surface area (Å²) in [6.45, 7) is 2.82. The molecule has 3 heterocycles. The summed E-state index contributed by atoms with van der Waals surface area (Å²) in [5.74, 6) is 0.0417. The highest BCUT2D eigenvalue weighted by Gasteiger charge is 2.68. The van der Waals surface area contributed by atoms with Gasteiger partial charge in [-0.05, 0) is 30.9 Å². The quantitative estimate of drug-likeness (QED) is 0.785. The van der Waals surface area contributed by atoms with Gasteiger partial charge in [-0.15, -0.1) is 0 Å². The van der Waals surface area contributed by atoms with Crippen LogP contribution in [0.3, 0.4) is 0 Å². The molecule has 32 heavy (non-hydrogen) atoms. The Morgan fingerprint density at radius 3 is 2.50 bits per heavy atom. The van der Waals surface area contributed by atoms with Gasteiger partial charge in [-0.2, -0.15) is 0 Å². The maximum absolute atomic E-state index is 13.4. The van der Waals surface area contributed by atoms with Crippen LogP contribution >= 0.6 is 0 Å². The van der Waals surface area contributed by atoms with Crippen molar-refractivity contribution in [2.75, 3.05) is 19.7 Å². The lowest BCUT2D eigenvalue weighted by molar-refractivity contribution is -0.183. The van der Waals surface area contributed by atoms with Crippen molar-refractivity contribution in [1.29, 1.82) is 0 Å². The first-order chi connectivity index (χ1) is 15.6. The summed E-state index contributed by atoms with van der Waals surface area (Å²) in [6, 6.07) is 7.90. The molecular formula is C25H28N4O3. The Bertz CT molecular complexity index is 1030. The van der Waals surface area contributed by atoms with E-state index in [1.54, 1.807) is 4.90 Å². The summed E-state index contributed by atoms with van der Waals surface area (Å²) < 4.78 is 0. The van der Waals surface area contributed by atoms with E-state index in [0.29, 0.717) is 13.1 Å². The third-order valence-corrected chi connectivity index (χ3v) is 7.31. The van der Waals surface area contributed by atoms with Crippen molar-refractivity contribution >= 4 is 17.9 Å². The summed E-state index contributed by atoms with van der Waals surface area (Å²) >= 11 is 0. The second kappa shape index (κ2) is 8.13. The van der Waals surface area contributed by atoms with E-state index in [0.717, 1.165) is 30.4 Å². The number of amides is 2. The Labute approximate surface area is 187 Å². The van der Waals surface area contributed by atoms with Crippen LogP contribution in [-0.4, -0.2) is 68.0 Å². The van der Waals surface area contributed by atoms with Crippen LogP contribution in [0.5, 0.6) is 0 Å². The normalized spacial score (nSPS) is 24.2. The van der Waals surface area contributed by atoms with E-state index in [1.165, 1.54) is 18.6 Å². The lowest BCUT2D eigenvalue weighted by Crippen LogP contribution is -2.86. The first-order valence-electron chi connectivity index (χ1n) is 11.3. The fourth-order valence-electron chi connectivity index (χ4n) is 5.55. The Morgan fingerprint density at radius 2 is 1.94 bits per heavy atom. The van der Waals surface area contributed by atoms with E-state index in [1.807, 2.05) is 24.0 Å². The molecule has 3 fully saturated rings. The number of benzene rings is 1. The molecule has 7 heteroatoms. The molecule has 2 aromatic rings. The Kier molecular flexibility index (Phi) is 5.29. The van der Waals surface area contributed by atoms with Crippen LogP contribution < -0.4 is 0 Å². The van der Waals surface area contributed by atoms with E-state index in [4.69, 9.17) is 0 Å². The third-order valence-electron chi connectivity index (χ3n) is 7.31. The largest absolute Gasteiger partial charge is 0.394 e. The zero-order chi connectivity index (χ0) is 22.3. The molecule has 1 aromatic heterocycles. The number of aliphatic hydroxyl groups is 1. The van der Waals surface area contributed by atoms with Crippen molar-refractivity contribution in [3.05, 3.63) is 65.8 Å². The number of nitrogens with zero attached hydrogens (tertiary/aromatic N) is 4. The Morgan fingerprint density at radius 1 is 1.19 bits per heavy atom. The first kappa shape index (κ1) is 20.8. The Balaban J connectivity index is 1.46. The van der Waals surface area contributed by atoms with Gasteiger partial charge in [-0.3, -0.25) is 14.6 Å². The van der Waals surface area contributed by atoms with Crippen molar-refractivity contribution in [2.24, 2.45) is 5.92 Å². The number of carbonyl (C=O) groups excluding carboxylic acids is 2. The van der Waals surface area contributed by atoms with Crippen LogP contribution in [0.25, 0.3) is 6.08 Å². The number of carbonyl (C=O) groups is 2. The number of hydrogen-bond donors (Lipinski definition) is 1. The predicted octanol–water partition coefficient (Wildman–Crippen LogP) is 2.49. The fraction of sp³-hybridized carbons (Fsp3) is 0.440. The topological polar surface area (TPSA) is 86.6 Å². The monoisotopic (exact) mass is 432 g/mol. The lowest BCUT2D eigenvalue weighted by atomic mass is 9.60. The molecule has 1 aliphatic carbocycles. The standard InChI is InChI=1S/C25H28N4O3/c1-2-4-17-7-9-18(10-8-17)22-21(14-30)29(24(32)20-13-26-11-12-27-20)25(22)15-28(16-25)23(31)19-5-3-6-19/h2,4,7-13,19,21-22,30H,3,5-6,14-16H2,1H3/b4-2+/t21-,22+/m1/s1. The van der Waals surface area contributed by atoms with E-state index in [9.17, 15) is 14.7 Å². The summed E-state index contributed by atoms with van der Waals surface area (Å²) in [5.41, 5.74) is 1.92. The van der Waals surface area contributed by atoms with Crippen LogP contribution in [0, 0.1) is 5.92 Å². The van der Waals surface area contributed by atoms with E-state index >= 15 is 0 Å². The molecule has 166 valence electrons. The van der Waals surface area contributed by atoms with E-state index < -0.39 is 5.54 Å². The van der Waals surface area contributed by atoms with Gasteiger partial charge in [0.15, 0.2) is 0 Å². The minimum Gasteiger partial charge on any atom is -0.394 e. The summed E-state index contributed by atoms with van der Waals surface area (Å²) in [7, 11) is 0. The third kappa shape index (κ3) is 3.14. The van der Waals surface area contributed by atoms with Gasteiger partial charge in [-0.1, -0.05) is 42.8 Å². The molecule has 2 saturated heterocycles. The smallest absolute Gasteiger partial charge is 0.275 e. The number of likely N-dealkylation sites (tertiary alicyclic amines) is 2. The number of rotatable bonds is 5. The molecule has 0 radical (unpaired) electrons. The molecule has 1 saturated carbocycles. The van der Waals surface area contributed by atoms with Gasteiger partial charge in [0.05, 0.1) is 24.4 Å². The zero-order valence-electron chi connectivity index (χ0n) is 18.2. The van der Waals surface area contributed by atoms with E-state index in [2.05, 4.69) is 34.2 Å². The van der Waals surface area contributed by atoms with Gasteiger partial charge >= 0.3 is 0 Å². The van der Waals surface area contributed by atoms with E-state index in [-0.39, 0.29) is 42.0 Å². The van der Waals surface area contributed by atoms with Gasteiger partial charge in [0.25, 0.3) is 5.91 Å². The van der Waals surface area contributed by atoms with Gasteiger partial charge in [0, 0.05) is 37.3 Å². The molecule has 2 atom stereocenters. The number of aromatic nitrogens is 2. The molecule has 2 aliphatic heterocycles. The molecule has 0 unspecified atom stereocenters. The highest BCUT2D eigenvalue weighted by molar-refractivity contribution is 5.94. The van der Waals surface area contributed by atoms with Crippen LogP contribution in [0.15, 0.2) is 48.9 Å². The molecule has 3 aliphatic rings. The molecule has 0 bridgehead atoms. The van der Waals surface area contributed by atoms with Crippen LogP contribution in [0.2, 0.25) is 0 Å². The molecule has 7 nitrogen and oxygen atoms in total. The van der Waals surface area contributed by atoms with Crippen LogP contribution in [0.4, 0.5) is 0 Å². The van der Waals surface area contributed by atoms with Gasteiger partial charge in [-0.25, -0.2) is 4.98 Å². The average Bonchev–Trinajstić information content (AvgIpc) is 2.73. The second-order valence-corrected chi connectivity index (χ2v) is 9.09. The summed E-state index contributed by atoms with van der Waals surface area (Å²) in [4.78, 5) is 38.1. The fourth-order valence-corrected chi connectivity index (χ4v) is 5.55. The predicted molar refractivity (Wildman–Crippen MR) is 120 cm³/mol. The molecule has 1 spiro atoms. The minimum absolute atomic E-state index is 0.0433. The van der Waals surface area contributed by atoms with Crippen LogP contribution in [-0.2, 0) is 4.79 Å². The molecule has 1 N–H and O–H groups in total. The maximum atomic E-state index is 13.4. The van der Waals surface area contributed by atoms with Crippen molar-refractivity contribution in [3.8, 4) is 0 Å².